The Kier molecular flexibility index (Phi) is 6.11. The van der Waals surface area contributed by atoms with Gasteiger partial charge in [0, 0.05) is 23.7 Å². The number of nitrogens with one attached hydrogen (secondary N) is 3. The van der Waals surface area contributed by atoms with Gasteiger partial charge in [-0.1, -0.05) is 0 Å². The molecule has 7 heteroatoms. The standard InChI is InChI=1S/C18H19N3O4/c1-3-25-16-10-6-14(7-11-16)18(24)21-20-17(23)13-4-8-15(9-5-13)19-12(2)22/h4-11H,3H2,1-2H3,(H,19,22)(H,20,23)(H,21,24). The van der Waals surface area contributed by atoms with Crippen LogP contribution in [-0.2, 0) is 4.79 Å². The van der Waals surface area contributed by atoms with Crippen LogP contribution in [0.4, 0.5) is 5.69 Å². The second kappa shape index (κ2) is 8.49. The quantitative estimate of drug-likeness (QED) is 0.726. The highest BCUT2D eigenvalue weighted by Gasteiger charge is 2.09. The molecule has 0 bridgehead atoms. The summed E-state index contributed by atoms with van der Waals surface area (Å²) in [7, 11) is 0. The van der Waals surface area contributed by atoms with Gasteiger partial charge in [0.15, 0.2) is 0 Å². The van der Waals surface area contributed by atoms with Crippen LogP contribution in [-0.4, -0.2) is 24.3 Å². The Morgan fingerprint density at radius 1 is 0.840 bits per heavy atom. The summed E-state index contributed by atoms with van der Waals surface area (Å²) in [6, 6.07) is 12.9. The molecule has 0 saturated carbocycles. The van der Waals surface area contributed by atoms with Crippen LogP contribution < -0.4 is 20.9 Å². The SMILES string of the molecule is CCOc1ccc(C(=O)NNC(=O)c2ccc(NC(C)=O)cc2)cc1. The van der Waals surface area contributed by atoms with E-state index in [2.05, 4.69) is 16.2 Å². The van der Waals surface area contributed by atoms with Crippen LogP contribution in [0.25, 0.3) is 0 Å². The molecule has 25 heavy (non-hydrogen) atoms. The molecule has 0 atom stereocenters. The lowest BCUT2D eigenvalue weighted by Gasteiger charge is -2.09. The number of anilines is 1. The van der Waals surface area contributed by atoms with E-state index < -0.39 is 11.8 Å². The minimum Gasteiger partial charge on any atom is -0.494 e. The first-order valence-electron chi connectivity index (χ1n) is 7.71. The molecule has 0 aliphatic rings. The van der Waals surface area contributed by atoms with Gasteiger partial charge in [-0.3, -0.25) is 25.2 Å². The van der Waals surface area contributed by atoms with Gasteiger partial charge in [0.25, 0.3) is 11.8 Å². The van der Waals surface area contributed by atoms with Crippen LogP contribution in [0.2, 0.25) is 0 Å². The van der Waals surface area contributed by atoms with E-state index in [4.69, 9.17) is 4.74 Å². The largest absolute Gasteiger partial charge is 0.494 e. The summed E-state index contributed by atoms with van der Waals surface area (Å²) in [6.45, 7) is 3.82. The topological polar surface area (TPSA) is 96.5 Å². The average molecular weight is 341 g/mol. The molecule has 0 spiro atoms. The predicted molar refractivity (Wildman–Crippen MR) is 93.3 cm³/mol. The van der Waals surface area contributed by atoms with Crippen molar-refractivity contribution in [1.82, 2.24) is 10.9 Å². The van der Waals surface area contributed by atoms with Crippen LogP contribution in [0.15, 0.2) is 48.5 Å². The Balaban J connectivity index is 1.90. The molecule has 0 unspecified atom stereocenters. The molecule has 0 heterocycles. The third-order valence-corrected chi connectivity index (χ3v) is 3.18. The van der Waals surface area contributed by atoms with Gasteiger partial charge in [0.1, 0.15) is 5.75 Å². The zero-order valence-corrected chi connectivity index (χ0v) is 14.0. The smallest absolute Gasteiger partial charge is 0.269 e. The van der Waals surface area contributed by atoms with Gasteiger partial charge in [-0.2, -0.15) is 0 Å². The van der Waals surface area contributed by atoms with Crippen molar-refractivity contribution in [2.24, 2.45) is 0 Å². The summed E-state index contributed by atoms with van der Waals surface area (Å²) in [5, 5.41) is 2.61. The molecule has 130 valence electrons. The number of hydrogen-bond donors (Lipinski definition) is 3. The van der Waals surface area contributed by atoms with Crippen molar-refractivity contribution in [3.63, 3.8) is 0 Å². The Labute approximate surface area is 145 Å². The van der Waals surface area contributed by atoms with E-state index in [9.17, 15) is 14.4 Å². The Morgan fingerprint density at radius 3 is 1.76 bits per heavy atom. The maximum absolute atomic E-state index is 12.0. The number of carbonyl (C=O) groups excluding carboxylic acids is 3. The molecule has 2 aromatic rings. The monoisotopic (exact) mass is 341 g/mol. The third-order valence-electron chi connectivity index (χ3n) is 3.18. The van der Waals surface area contributed by atoms with Crippen LogP contribution >= 0.6 is 0 Å². The fraction of sp³-hybridized carbons (Fsp3) is 0.167. The van der Waals surface area contributed by atoms with Crippen molar-refractivity contribution in [3.05, 3.63) is 59.7 Å². The van der Waals surface area contributed by atoms with E-state index in [1.54, 1.807) is 48.5 Å². The fourth-order valence-corrected chi connectivity index (χ4v) is 2.04. The van der Waals surface area contributed by atoms with Crippen molar-refractivity contribution in [1.29, 1.82) is 0 Å². The number of benzene rings is 2. The Hall–Kier alpha value is -3.35. The molecule has 0 aromatic heterocycles. The molecular weight excluding hydrogens is 322 g/mol. The second-order valence-corrected chi connectivity index (χ2v) is 5.12. The molecule has 0 aliphatic heterocycles. The molecule has 0 fully saturated rings. The Morgan fingerprint density at radius 2 is 1.32 bits per heavy atom. The maximum Gasteiger partial charge on any atom is 0.269 e. The highest BCUT2D eigenvalue weighted by molar-refractivity contribution is 5.99. The van der Waals surface area contributed by atoms with E-state index in [0.29, 0.717) is 29.2 Å². The van der Waals surface area contributed by atoms with E-state index in [1.807, 2.05) is 6.92 Å². The van der Waals surface area contributed by atoms with E-state index >= 15 is 0 Å². The van der Waals surface area contributed by atoms with Crippen molar-refractivity contribution in [3.8, 4) is 5.75 Å². The van der Waals surface area contributed by atoms with Crippen molar-refractivity contribution >= 4 is 23.4 Å². The first kappa shape index (κ1) is 18.0. The molecule has 2 aromatic carbocycles. The van der Waals surface area contributed by atoms with Crippen molar-refractivity contribution in [2.45, 2.75) is 13.8 Å². The lowest BCUT2D eigenvalue weighted by molar-refractivity contribution is -0.114. The average Bonchev–Trinajstić information content (AvgIpc) is 2.60. The maximum atomic E-state index is 12.0. The first-order chi connectivity index (χ1) is 12.0. The van der Waals surface area contributed by atoms with Gasteiger partial charge in [0.05, 0.1) is 6.61 Å². The summed E-state index contributed by atoms with van der Waals surface area (Å²) >= 11 is 0. The normalized spacial score (nSPS) is 9.84. The molecule has 0 aliphatic carbocycles. The molecule has 7 nitrogen and oxygen atoms in total. The third kappa shape index (κ3) is 5.35. The van der Waals surface area contributed by atoms with E-state index in [0.717, 1.165) is 0 Å². The summed E-state index contributed by atoms with van der Waals surface area (Å²) in [5.41, 5.74) is 6.01. The molecule has 3 amide bonds. The lowest BCUT2D eigenvalue weighted by atomic mass is 10.2. The molecule has 0 saturated heterocycles. The van der Waals surface area contributed by atoms with Crippen LogP contribution in [0.3, 0.4) is 0 Å². The highest BCUT2D eigenvalue weighted by Crippen LogP contribution is 2.12. The predicted octanol–water partition coefficient (Wildman–Crippen LogP) is 2.12. The highest BCUT2D eigenvalue weighted by atomic mass is 16.5. The van der Waals surface area contributed by atoms with Gasteiger partial charge < -0.3 is 10.1 Å². The van der Waals surface area contributed by atoms with Gasteiger partial charge in [-0.05, 0) is 55.5 Å². The van der Waals surface area contributed by atoms with Gasteiger partial charge in [-0.25, -0.2) is 0 Å². The Bertz CT molecular complexity index is 755. The summed E-state index contributed by atoms with van der Waals surface area (Å²) in [4.78, 5) is 35.0. The minimum atomic E-state index is -0.464. The van der Waals surface area contributed by atoms with Gasteiger partial charge in [0.2, 0.25) is 5.91 Å². The molecule has 0 radical (unpaired) electrons. The summed E-state index contributed by atoms with van der Waals surface area (Å²) in [6.07, 6.45) is 0. The number of rotatable bonds is 5. The fourth-order valence-electron chi connectivity index (χ4n) is 2.04. The number of ether oxygens (including phenoxy) is 1. The zero-order valence-electron chi connectivity index (χ0n) is 14.0. The minimum absolute atomic E-state index is 0.195. The number of carbonyl (C=O) groups is 3. The van der Waals surface area contributed by atoms with Gasteiger partial charge in [-0.15, -0.1) is 0 Å². The van der Waals surface area contributed by atoms with Gasteiger partial charge >= 0.3 is 0 Å². The summed E-state index contributed by atoms with van der Waals surface area (Å²) in [5.74, 6) is -0.429. The number of hydrazine groups is 1. The van der Waals surface area contributed by atoms with Crippen LogP contribution in [0, 0.1) is 0 Å². The number of amides is 3. The van der Waals surface area contributed by atoms with Crippen molar-refractivity contribution < 1.29 is 19.1 Å². The van der Waals surface area contributed by atoms with Crippen molar-refractivity contribution in [2.75, 3.05) is 11.9 Å². The summed E-state index contributed by atoms with van der Waals surface area (Å²) < 4.78 is 5.30. The zero-order chi connectivity index (χ0) is 18.2. The number of hydrogen-bond acceptors (Lipinski definition) is 4. The van der Waals surface area contributed by atoms with E-state index in [1.165, 1.54) is 6.92 Å². The first-order valence-corrected chi connectivity index (χ1v) is 7.71. The second-order valence-electron chi connectivity index (χ2n) is 5.12. The molecule has 3 N–H and O–H groups in total. The lowest BCUT2D eigenvalue weighted by Crippen LogP contribution is -2.41. The van der Waals surface area contributed by atoms with Crippen LogP contribution in [0.1, 0.15) is 34.6 Å². The van der Waals surface area contributed by atoms with E-state index in [-0.39, 0.29) is 5.91 Å². The molecule has 2 rings (SSSR count). The van der Waals surface area contributed by atoms with Crippen LogP contribution in [0.5, 0.6) is 5.75 Å². The molecular formula is C18H19N3O4.